The minimum absolute atomic E-state index is 0.0101. The number of amides is 1. The van der Waals surface area contributed by atoms with E-state index in [0.29, 0.717) is 18.1 Å². The Morgan fingerprint density at radius 3 is 2.54 bits per heavy atom. The summed E-state index contributed by atoms with van der Waals surface area (Å²) >= 11 is 1.60. The molecule has 7 heteroatoms. The summed E-state index contributed by atoms with van der Waals surface area (Å²) < 4.78 is 10.0. The Labute approximate surface area is 170 Å². The molecule has 1 fully saturated rings. The Hall–Kier alpha value is -1.86. The fourth-order valence-electron chi connectivity index (χ4n) is 2.66. The van der Waals surface area contributed by atoms with Crippen LogP contribution in [0.3, 0.4) is 0 Å². The number of epoxide rings is 1. The van der Waals surface area contributed by atoms with Crippen molar-refractivity contribution in [3.63, 3.8) is 0 Å². The van der Waals surface area contributed by atoms with Crippen LogP contribution in [0, 0.1) is 5.92 Å². The highest BCUT2D eigenvalue weighted by Crippen LogP contribution is 2.24. The molecule has 0 aromatic heterocycles. The van der Waals surface area contributed by atoms with Crippen molar-refractivity contribution in [1.82, 2.24) is 5.32 Å². The first-order valence-corrected chi connectivity index (χ1v) is 10.8. The van der Waals surface area contributed by atoms with Gasteiger partial charge in [0.15, 0.2) is 18.0 Å². The topological polar surface area (TPSA) is 85.0 Å². The van der Waals surface area contributed by atoms with Gasteiger partial charge in [-0.25, -0.2) is 4.79 Å². The van der Waals surface area contributed by atoms with E-state index in [4.69, 9.17) is 9.47 Å². The van der Waals surface area contributed by atoms with Gasteiger partial charge in [-0.15, -0.1) is 0 Å². The molecule has 0 unspecified atom stereocenters. The number of carbonyl (C=O) groups is 3. The van der Waals surface area contributed by atoms with E-state index < -0.39 is 30.1 Å². The van der Waals surface area contributed by atoms with Crippen LogP contribution in [-0.2, 0) is 29.6 Å². The van der Waals surface area contributed by atoms with Crippen molar-refractivity contribution in [2.45, 2.75) is 57.6 Å². The smallest absolute Gasteiger partial charge is 0.338 e. The zero-order valence-corrected chi connectivity index (χ0v) is 17.5. The summed E-state index contributed by atoms with van der Waals surface area (Å²) in [5, 5.41) is 2.77. The molecule has 1 aliphatic rings. The Bertz CT molecular complexity index is 664. The number of hydrogen-bond acceptors (Lipinski definition) is 6. The average molecular weight is 408 g/mol. The van der Waals surface area contributed by atoms with Crippen molar-refractivity contribution in [3.8, 4) is 0 Å². The van der Waals surface area contributed by atoms with E-state index in [0.717, 1.165) is 12.2 Å². The van der Waals surface area contributed by atoms with Crippen molar-refractivity contribution < 1.29 is 23.9 Å². The number of esters is 1. The monoisotopic (exact) mass is 407 g/mol. The van der Waals surface area contributed by atoms with E-state index in [-0.39, 0.29) is 12.4 Å². The lowest BCUT2D eigenvalue weighted by molar-refractivity contribution is -0.144. The van der Waals surface area contributed by atoms with Crippen LogP contribution in [0.5, 0.6) is 0 Å². The highest BCUT2D eigenvalue weighted by molar-refractivity contribution is 7.98. The van der Waals surface area contributed by atoms with Crippen LogP contribution in [0.1, 0.15) is 39.2 Å². The van der Waals surface area contributed by atoms with Gasteiger partial charge in [0.1, 0.15) is 0 Å². The normalized spacial score (nSPS) is 19.1. The molecule has 0 saturated carbocycles. The lowest BCUT2D eigenvalue weighted by atomic mass is 10.0. The van der Waals surface area contributed by atoms with Gasteiger partial charge >= 0.3 is 5.97 Å². The highest BCUT2D eigenvalue weighted by atomic mass is 32.2. The molecule has 3 atom stereocenters. The van der Waals surface area contributed by atoms with E-state index in [9.17, 15) is 14.4 Å². The molecule has 1 amide bonds. The first-order valence-electron chi connectivity index (χ1n) is 9.69. The minimum Gasteiger partial charge on any atom is -0.464 e. The predicted octanol–water partition coefficient (Wildman–Crippen LogP) is 2.74. The second kappa shape index (κ2) is 11.2. The lowest BCUT2D eigenvalue weighted by Crippen LogP contribution is -2.45. The Balaban J connectivity index is 1.89. The van der Waals surface area contributed by atoms with Crippen molar-refractivity contribution in [1.29, 1.82) is 0 Å². The van der Waals surface area contributed by atoms with Crippen LogP contribution in [0.4, 0.5) is 0 Å². The summed E-state index contributed by atoms with van der Waals surface area (Å²) in [6.07, 6.45) is -0.525. The fraction of sp³-hybridized carbons (Fsp3) is 0.571. The van der Waals surface area contributed by atoms with Gasteiger partial charge in [0.05, 0.1) is 12.6 Å². The third-order valence-corrected chi connectivity index (χ3v) is 5.44. The molecule has 1 aromatic carbocycles. The Morgan fingerprint density at radius 2 is 1.89 bits per heavy atom. The van der Waals surface area contributed by atoms with E-state index >= 15 is 0 Å². The number of Topliss-reactive ketones (excluding diaryl/α,β-unsaturated/α-hetero) is 1. The molecule has 0 radical (unpaired) electrons. The van der Waals surface area contributed by atoms with Gasteiger partial charge in [0.25, 0.3) is 5.91 Å². The molecule has 0 aliphatic carbocycles. The number of carbonyl (C=O) groups excluding carboxylic acids is 3. The molecular weight excluding hydrogens is 378 g/mol. The van der Waals surface area contributed by atoms with E-state index in [2.05, 4.69) is 19.2 Å². The summed E-state index contributed by atoms with van der Waals surface area (Å²) in [4.78, 5) is 36.7. The number of rotatable bonds is 12. The third-order valence-electron chi connectivity index (χ3n) is 4.34. The zero-order valence-electron chi connectivity index (χ0n) is 16.7. The first-order chi connectivity index (χ1) is 13.4. The summed E-state index contributed by atoms with van der Waals surface area (Å²) in [5.74, 6) is 0.697. The Kier molecular flexibility index (Phi) is 8.99. The average Bonchev–Trinajstić information content (AvgIpc) is 3.47. The molecule has 154 valence electrons. The van der Waals surface area contributed by atoms with Gasteiger partial charge in [-0.1, -0.05) is 44.2 Å². The van der Waals surface area contributed by atoms with Crippen molar-refractivity contribution in [2.75, 3.05) is 12.4 Å². The van der Waals surface area contributed by atoms with Gasteiger partial charge in [0, 0.05) is 17.9 Å². The molecular formula is C21H29NO5S. The van der Waals surface area contributed by atoms with Crippen molar-refractivity contribution in [3.05, 3.63) is 35.9 Å². The van der Waals surface area contributed by atoms with Crippen LogP contribution < -0.4 is 5.32 Å². The maximum Gasteiger partial charge on any atom is 0.338 e. The minimum atomic E-state index is -0.862. The summed E-state index contributed by atoms with van der Waals surface area (Å²) in [5.41, 5.74) is 1.17. The molecule has 1 saturated heterocycles. The van der Waals surface area contributed by atoms with Crippen LogP contribution >= 0.6 is 11.8 Å². The van der Waals surface area contributed by atoms with Crippen LogP contribution in [-0.4, -0.2) is 48.3 Å². The summed E-state index contributed by atoms with van der Waals surface area (Å²) in [6.45, 7) is 6.06. The predicted molar refractivity (Wildman–Crippen MR) is 109 cm³/mol. The molecule has 1 aliphatic heterocycles. The third kappa shape index (κ3) is 7.28. The van der Waals surface area contributed by atoms with Crippen molar-refractivity contribution >= 4 is 29.4 Å². The second-order valence-corrected chi connectivity index (χ2v) is 8.22. The van der Waals surface area contributed by atoms with Gasteiger partial charge in [0.2, 0.25) is 0 Å². The van der Waals surface area contributed by atoms with E-state index in [1.54, 1.807) is 18.7 Å². The van der Waals surface area contributed by atoms with Crippen LogP contribution in [0.15, 0.2) is 30.3 Å². The maximum atomic E-state index is 12.6. The first kappa shape index (κ1) is 22.4. The van der Waals surface area contributed by atoms with Crippen LogP contribution in [0.2, 0.25) is 0 Å². The molecule has 0 bridgehead atoms. The number of ketones is 1. The number of nitrogens with one attached hydrogen (secondary N) is 1. The van der Waals surface area contributed by atoms with Crippen LogP contribution in [0.25, 0.3) is 0 Å². The second-order valence-electron chi connectivity index (χ2n) is 7.19. The molecule has 28 heavy (non-hydrogen) atoms. The summed E-state index contributed by atoms with van der Waals surface area (Å²) in [7, 11) is 0. The standard InChI is InChI=1S/C21H29NO5S/c1-4-26-21(25)19-18(27-19)20(24)22-16(17(23)11-10-14(2)3)13-28-12-15-8-6-5-7-9-15/h5-9,14,16,18-19H,4,10-13H2,1-3H3,(H,22,24)/t16-,18-,19-/m0/s1. The van der Waals surface area contributed by atoms with Crippen molar-refractivity contribution in [2.24, 2.45) is 5.92 Å². The SMILES string of the molecule is CCOC(=O)[C@H]1O[C@@H]1C(=O)N[C@@H](CSCc1ccccc1)C(=O)CCC(C)C. The van der Waals surface area contributed by atoms with Gasteiger partial charge in [-0.3, -0.25) is 9.59 Å². The van der Waals surface area contributed by atoms with Gasteiger partial charge in [-0.05, 0) is 24.8 Å². The summed E-state index contributed by atoms with van der Waals surface area (Å²) in [6, 6.07) is 9.38. The lowest BCUT2D eigenvalue weighted by Gasteiger charge is -2.17. The molecule has 2 rings (SSSR count). The molecule has 1 aromatic rings. The Morgan fingerprint density at radius 1 is 1.18 bits per heavy atom. The van der Waals surface area contributed by atoms with Gasteiger partial charge in [-0.2, -0.15) is 11.8 Å². The maximum absolute atomic E-state index is 12.6. The number of benzene rings is 1. The quantitative estimate of drug-likeness (QED) is 0.424. The molecule has 0 spiro atoms. The largest absolute Gasteiger partial charge is 0.464 e. The number of hydrogen-bond donors (Lipinski definition) is 1. The molecule has 1 N–H and O–H groups in total. The number of ether oxygens (including phenoxy) is 2. The highest BCUT2D eigenvalue weighted by Gasteiger charge is 2.52. The molecule has 6 nitrogen and oxygen atoms in total. The van der Waals surface area contributed by atoms with E-state index in [1.807, 2.05) is 30.3 Å². The van der Waals surface area contributed by atoms with Gasteiger partial charge < -0.3 is 14.8 Å². The van der Waals surface area contributed by atoms with E-state index in [1.165, 1.54) is 5.56 Å². The molecule has 1 heterocycles. The zero-order chi connectivity index (χ0) is 20.5. The number of thioether (sulfide) groups is 1. The fourth-order valence-corrected chi connectivity index (χ4v) is 3.71.